The number of hydrogen-bond acceptors (Lipinski definition) is 5. The number of carbonyl (C=O) groups is 1. The lowest BCUT2D eigenvalue weighted by Crippen LogP contribution is -2.20. The van der Waals surface area contributed by atoms with E-state index in [1.165, 1.54) is 11.8 Å². The van der Waals surface area contributed by atoms with E-state index in [1.807, 2.05) is 78.2 Å². The second kappa shape index (κ2) is 9.76. The van der Waals surface area contributed by atoms with Gasteiger partial charge >= 0.3 is 0 Å². The van der Waals surface area contributed by atoms with Gasteiger partial charge in [0, 0.05) is 22.7 Å². The van der Waals surface area contributed by atoms with Gasteiger partial charge in [0.2, 0.25) is 0 Å². The van der Waals surface area contributed by atoms with Gasteiger partial charge in [0.25, 0.3) is 5.91 Å². The molecule has 1 N–H and O–H groups in total. The van der Waals surface area contributed by atoms with Crippen molar-refractivity contribution in [1.82, 2.24) is 20.2 Å². The molecule has 0 aliphatic rings. The third-order valence-electron chi connectivity index (χ3n) is 4.68. The van der Waals surface area contributed by atoms with Crippen molar-refractivity contribution in [3.8, 4) is 11.4 Å². The Morgan fingerprint density at radius 2 is 1.87 bits per heavy atom. The van der Waals surface area contributed by atoms with Gasteiger partial charge in [-0.25, -0.2) is 5.43 Å². The number of amides is 1. The number of rotatable bonds is 7. The molecule has 3 aromatic carbocycles. The maximum Gasteiger partial charge on any atom is 0.250 e. The summed E-state index contributed by atoms with van der Waals surface area (Å²) >= 11 is 7.29. The lowest BCUT2D eigenvalue weighted by molar-refractivity contribution is -0.118. The van der Waals surface area contributed by atoms with Crippen LogP contribution in [-0.4, -0.2) is 32.6 Å². The Labute approximate surface area is 189 Å². The first-order chi connectivity index (χ1) is 15.2. The molecule has 1 aromatic heterocycles. The number of fused-ring (bicyclic) bond motifs is 1. The highest BCUT2D eigenvalue weighted by atomic mass is 35.5. The second-order valence-corrected chi connectivity index (χ2v) is 8.09. The number of nitrogens with one attached hydrogen (secondary N) is 1. The molecule has 0 fully saturated rings. The molecule has 0 unspecified atom stereocenters. The summed E-state index contributed by atoms with van der Waals surface area (Å²) in [4.78, 5) is 12.3. The fourth-order valence-electron chi connectivity index (χ4n) is 3.19. The predicted molar refractivity (Wildman–Crippen MR) is 127 cm³/mol. The Kier molecular flexibility index (Phi) is 6.64. The van der Waals surface area contributed by atoms with Gasteiger partial charge in [0.15, 0.2) is 11.0 Å². The van der Waals surface area contributed by atoms with Gasteiger partial charge in [0.1, 0.15) is 0 Å². The molecule has 0 bridgehead atoms. The van der Waals surface area contributed by atoms with Crippen LogP contribution < -0.4 is 5.43 Å². The van der Waals surface area contributed by atoms with Gasteiger partial charge in [-0.1, -0.05) is 65.8 Å². The van der Waals surface area contributed by atoms with Crippen molar-refractivity contribution in [3.63, 3.8) is 0 Å². The zero-order chi connectivity index (χ0) is 21.6. The zero-order valence-corrected chi connectivity index (χ0v) is 18.4. The lowest BCUT2D eigenvalue weighted by atomic mass is 10.1. The first-order valence-electron chi connectivity index (χ1n) is 9.77. The van der Waals surface area contributed by atoms with Crippen molar-refractivity contribution in [1.29, 1.82) is 0 Å². The van der Waals surface area contributed by atoms with Crippen molar-refractivity contribution in [2.45, 2.75) is 18.6 Å². The Morgan fingerprint density at radius 3 is 2.68 bits per heavy atom. The third-order valence-corrected chi connectivity index (χ3v) is 5.90. The van der Waals surface area contributed by atoms with Crippen LogP contribution in [0.1, 0.15) is 12.5 Å². The number of benzene rings is 3. The molecule has 4 aromatic rings. The number of hydrazone groups is 1. The standard InChI is InChI=1S/C23H20ClN5OS/c1-2-29-22(17-10-12-19(24)13-11-17)27-28-23(29)31-15-21(30)26-25-14-18-8-5-7-16-6-3-4-9-20(16)18/h3-14H,2,15H2,1H3,(H,26,30)/b25-14+. The smallest absolute Gasteiger partial charge is 0.250 e. The summed E-state index contributed by atoms with van der Waals surface area (Å²) in [5.74, 6) is 0.724. The van der Waals surface area contributed by atoms with Crippen LogP contribution in [-0.2, 0) is 11.3 Å². The van der Waals surface area contributed by atoms with E-state index >= 15 is 0 Å². The summed E-state index contributed by atoms with van der Waals surface area (Å²) in [6.45, 7) is 2.70. The van der Waals surface area contributed by atoms with Crippen LogP contribution in [0.3, 0.4) is 0 Å². The van der Waals surface area contributed by atoms with Gasteiger partial charge < -0.3 is 4.57 Å². The molecule has 6 nitrogen and oxygen atoms in total. The van der Waals surface area contributed by atoms with Crippen LogP contribution in [0.2, 0.25) is 5.02 Å². The first-order valence-corrected chi connectivity index (χ1v) is 11.1. The van der Waals surface area contributed by atoms with Crippen LogP contribution >= 0.6 is 23.4 Å². The lowest BCUT2D eigenvalue weighted by Gasteiger charge is -2.07. The molecule has 156 valence electrons. The second-order valence-electron chi connectivity index (χ2n) is 6.71. The Balaban J connectivity index is 1.39. The SMILES string of the molecule is CCn1c(SCC(=O)N/N=C/c2cccc3ccccc23)nnc1-c1ccc(Cl)cc1. The average Bonchev–Trinajstić information content (AvgIpc) is 3.21. The van der Waals surface area contributed by atoms with E-state index in [1.54, 1.807) is 6.21 Å². The molecule has 4 rings (SSSR count). The highest BCUT2D eigenvalue weighted by molar-refractivity contribution is 7.99. The van der Waals surface area contributed by atoms with Gasteiger partial charge in [0.05, 0.1) is 12.0 Å². The van der Waals surface area contributed by atoms with E-state index in [2.05, 4.69) is 20.7 Å². The van der Waals surface area contributed by atoms with Gasteiger partial charge in [-0.3, -0.25) is 4.79 Å². The van der Waals surface area contributed by atoms with Crippen molar-refractivity contribution in [2.75, 3.05) is 5.75 Å². The quantitative estimate of drug-likeness (QED) is 0.244. The molecule has 0 atom stereocenters. The number of halogens is 1. The predicted octanol–water partition coefficient (Wildman–Crippen LogP) is 5.01. The number of aromatic nitrogens is 3. The van der Waals surface area contributed by atoms with E-state index in [0.717, 1.165) is 27.7 Å². The minimum atomic E-state index is -0.208. The number of thioether (sulfide) groups is 1. The minimum Gasteiger partial charge on any atom is -0.302 e. The van der Waals surface area contributed by atoms with E-state index in [4.69, 9.17) is 11.6 Å². The van der Waals surface area contributed by atoms with E-state index < -0.39 is 0 Å². The van der Waals surface area contributed by atoms with Gasteiger partial charge in [-0.15, -0.1) is 10.2 Å². The van der Waals surface area contributed by atoms with Gasteiger partial charge in [-0.05, 0) is 42.0 Å². The normalized spacial score (nSPS) is 11.3. The zero-order valence-electron chi connectivity index (χ0n) is 16.8. The van der Waals surface area contributed by atoms with Crippen molar-refractivity contribution in [2.24, 2.45) is 5.10 Å². The summed E-state index contributed by atoms with van der Waals surface area (Å²) in [6.07, 6.45) is 1.66. The summed E-state index contributed by atoms with van der Waals surface area (Å²) in [7, 11) is 0. The Hall–Kier alpha value is -3.16. The highest BCUT2D eigenvalue weighted by Crippen LogP contribution is 2.25. The fourth-order valence-corrected chi connectivity index (χ4v) is 4.11. The molecule has 0 aliphatic carbocycles. The van der Waals surface area contributed by atoms with Crippen LogP contribution in [0.4, 0.5) is 0 Å². The first kappa shape index (κ1) is 21.1. The molecule has 0 aliphatic heterocycles. The fraction of sp³-hybridized carbons (Fsp3) is 0.130. The van der Waals surface area contributed by atoms with Crippen molar-refractivity contribution < 1.29 is 4.79 Å². The van der Waals surface area contributed by atoms with Gasteiger partial charge in [-0.2, -0.15) is 5.10 Å². The monoisotopic (exact) mass is 449 g/mol. The topological polar surface area (TPSA) is 72.2 Å². The molecular weight excluding hydrogens is 430 g/mol. The number of hydrogen-bond donors (Lipinski definition) is 1. The highest BCUT2D eigenvalue weighted by Gasteiger charge is 2.14. The molecule has 1 heterocycles. The number of carbonyl (C=O) groups excluding carboxylic acids is 1. The maximum absolute atomic E-state index is 12.3. The summed E-state index contributed by atoms with van der Waals surface area (Å²) in [5, 5.41) is 16.2. The Bertz CT molecular complexity index is 1230. The molecule has 1 amide bonds. The summed E-state index contributed by atoms with van der Waals surface area (Å²) in [5.41, 5.74) is 4.46. The third kappa shape index (κ3) is 4.95. The van der Waals surface area contributed by atoms with E-state index in [-0.39, 0.29) is 11.7 Å². The van der Waals surface area contributed by atoms with Crippen LogP contribution in [0.15, 0.2) is 77.0 Å². The molecule has 0 saturated carbocycles. The van der Waals surface area contributed by atoms with E-state index in [0.29, 0.717) is 16.7 Å². The minimum absolute atomic E-state index is 0.186. The molecule has 8 heteroatoms. The molecule has 0 saturated heterocycles. The van der Waals surface area contributed by atoms with Crippen LogP contribution in [0.25, 0.3) is 22.2 Å². The largest absolute Gasteiger partial charge is 0.302 e. The molecule has 0 radical (unpaired) electrons. The van der Waals surface area contributed by atoms with Crippen molar-refractivity contribution in [3.05, 3.63) is 77.3 Å². The Morgan fingerprint density at radius 1 is 1.10 bits per heavy atom. The molecule has 31 heavy (non-hydrogen) atoms. The van der Waals surface area contributed by atoms with E-state index in [9.17, 15) is 4.79 Å². The maximum atomic E-state index is 12.3. The van der Waals surface area contributed by atoms with Crippen LogP contribution in [0.5, 0.6) is 0 Å². The van der Waals surface area contributed by atoms with Crippen molar-refractivity contribution >= 4 is 46.3 Å². The average molecular weight is 450 g/mol. The molecular formula is C23H20ClN5OS. The summed E-state index contributed by atoms with van der Waals surface area (Å²) in [6, 6.07) is 21.5. The number of nitrogens with zero attached hydrogens (tertiary/aromatic N) is 4. The molecule has 0 spiro atoms. The van der Waals surface area contributed by atoms with Crippen LogP contribution in [0, 0.1) is 0 Å². The summed E-state index contributed by atoms with van der Waals surface area (Å²) < 4.78 is 1.97.